The predicted octanol–water partition coefficient (Wildman–Crippen LogP) is 0.527. The minimum absolute atomic E-state index is 0.0666. The lowest BCUT2D eigenvalue weighted by Crippen LogP contribution is -2.48. The average molecular weight is 345 g/mol. The molecule has 2 unspecified atom stereocenters. The summed E-state index contributed by atoms with van der Waals surface area (Å²) >= 11 is 1.67. The molecule has 2 aliphatic heterocycles. The number of nitrogens with zero attached hydrogens (tertiary/aromatic N) is 3. The summed E-state index contributed by atoms with van der Waals surface area (Å²) in [5.74, 6) is 0.203. The number of fused-ring (bicyclic) bond motifs is 1. The second-order valence-corrected chi connectivity index (χ2v) is 9.54. The van der Waals surface area contributed by atoms with E-state index in [1.165, 1.54) is 15.4 Å². The van der Waals surface area contributed by atoms with Crippen LogP contribution in [0.1, 0.15) is 17.0 Å². The van der Waals surface area contributed by atoms with Gasteiger partial charge in [-0.3, -0.25) is 4.90 Å². The number of hydrogen-bond acceptors (Lipinski definition) is 6. The van der Waals surface area contributed by atoms with E-state index in [0.29, 0.717) is 13.1 Å². The Balaban J connectivity index is 1.73. The summed E-state index contributed by atoms with van der Waals surface area (Å²) in [6, 6.07) is 0. The largest absolute Gasteiger partial charge is 0.396 e. The highest BCUT2D eigenvalue weighted by molar-refractivity contribution is 7.88. The molecule has 1 aromatic rings. The molecule has 124 valence electrons. The first-order chi connectivity index (χ1) is 10.3. The van der Waals surface area contributed by atoms with Crippen LogP contribution in [0.3, 0.4) is 0 Å². The van der Waals surface area contributed by atoms with Gasteiger partial charge in [0.1, 0.15) is 0 Å². The van der Waals surface area contributed by atoms with Gasteiger partial charge in [0.15, 0.2) is 0 Å². The van der Waals surface area contributed by atoms with E-state index in [4.69, 9.17) is 0 Å². The fourth-order valence-corrected chi connectivity index (χ4v) is 5.40. The lowest BCUT2D eigenvalue weighted by Gasteiger charge is -2.42. The number of aryl methyl sites for hydroxylation is 1. The predicted molar refractivity (Wildman–Crippen MR) is 86.2 cm³/mol. The first kappa shape index (κ1) is 16.3. The normalized spacial score (nSPS) is 30.6. The molecule has 1 N–H and O–H groups in total. The van der Waals surface area contributed by atoms with Gasteiger partial charge in [-0.2, -0.15) is 0 Å². The van der Waals surface area contributed by atoms with E-state index in [1.54, 1.807) is 11.3 Å². The van der Waals surface area contributed by atoms with Gasteiger partial charge in [0, 0.05) is 36.5 Å². The van der Waals surface area contributed by atoms with E-state index < -0.39 is 10.0 Å². The van der Waals surface area contributed by atoms with E-state index in [9.17, 15) is 13.5 Å². The highest BCUT2D eigenvalue weighted by atomic mass is 32.2. The van der Waals surface area contributed by atoms with Crippen molar-refractivity contribution in [3.8, 4) is 0 Å². The fraction of sp³-hybridized carbons (Fsp3) is 0.786. The SMILES string of the molecule is Cc1ncsc1CN1CCC2(CO)CN(S(C)(=O)=O)CC2C1. The van der Waals surface area contributed by atoms with E-state index in [2.05, 4.69) is 9.88 Å². The molecule has 0 aliphatic carbocycles. The third-order valence-corrected chi connectivity index (χ3v) is 7.32. The summed E-state index contributed by atoms with van der Waals surface area (Å²) < 4.78 is 25.2. The molecule has 0 bridgehead atoms. The maximum atomic E-state index is 11.8. The van der Waals surface area contributed by atoms with Crippen LogP contribution < -0.4 is 0 Å². The van der Waals surface area contributed by atoms with Crippen molar-refractivity contribution in [1.29, 1.82) is 0 Å². The van der Waals surface area contributed by atoms with Gasteiger partial charge in [-0.05, 0) is 25.8 Å². The second kappa shape index (κ2) is 5.83. The Morgan fingerprint density at radius 3 is 2.86 bits per heavy atom. The van der Waals surface area contributed by atoms with Crippen molar-refractivity contribution < 1.29 is 13.5 Å². The Hall–Kier alpha value is -0.540. The van der Waals surface area contributed by atoms with Gasteiger partial charge < -0.3 is 5.11 Å². The zero-order valence-corrected chi connectivity index (χ0v) is 14.7. The van der Waals surface area contributed by atoms with Crippen molar-refractivity contribution in [2.45, 2.75) is 19.9 Å². The number of sulfonamides is 1. The highest BCUT2D eigenvalue weighted by Gasteiger charge is 2.51. The van der Waals surface area contributed by atoms with Crippen LogP contribution in [0.4, 0.5) is 0 Å². The number of aliphatic hydroxyl groups is 1. The van der Waals surface area contributed by atoms with Crippen LogP contribution in [-0.4, -0.2) is 66.8 Å². The molecule has 22 heavy (non-hydrogen) atoms. The van der Waals surface area contributed by atoms with Gasteiger partial charge in [0.2, 0.25) is 10.0 Å². The molecule has 8 heteroatoms. The first-order valence-corrected chi connectivity index (χ1v) is 10.2. The molecule has 2 saturated heterocycles. The molecule has 2 aliphatic rings. The van der Waals surface area contributed by atoms with Gasteiger partial charge in [-0.25, -0.2) is 17.7 Å². The summed E-state index contributed by atoms with van der Waals surface area (Å²) in [5, 5.41) is 9.87. The molecular weight excluding hydrogens is 322 g/mol. The van der Waals surface area contributed by atoms with Gasteiger partial charge in [0.25, 0.3) is 0 Å². The van der Waals surface area contributed by atoms with Crippen LogP contribution in [0.25, 0.3) is 0 Å². The number of rotatable bonds is 4. The number of thiazole rings is 1. The zero-order valence-electron chi connectivity index (χ0n) is 13.0. The third-order valence-electron chi connectivity index (χ3n) is 5.18. The molecule has 2 fully saturated rings. The highest BCUT2D eigenvalue weighted by Crippen LogP contribution is 2.43. The van der Waals surface area contributed by atoms with E-state index >= 15 is 0 Å². The molecule has 0 spiro atoms. The summed E-state index contributed by atoms with van der Waals surface area (Å²) in [6.07, 6.45) is 2.10. The van der Waals surface area contributed by atoms with Gasteiger partial charge >= 0.3 is 0 Å². The molecule has 1 aromatic heterocycles. The van der Waals surface area contributed by atoms with E-state index in [-0.39, 0.29) is 17.9 Å². The van der Waals surface area contributed by atoms with Crippen LogP contribution in [0.2, 0.25) is 0 Å². The van der Waals surface area contributed by atoms with Gasteiger partial charge in [0.05, 0.1) is 24.1 Å². The number of likely N-dealkylation sites (tertiary alicyclic amines) is 1. The van der Waals surface area contributed by atoms with E-state index in [0.717, 1.165) is 31.7 Å². The van der Waals surface area contributed by atoms with Gasteiger partial charge in [-0.15, -0.1) is 11.3 Å². The Bertz CT molecular complexity index is 646. The molecule has 3 rings (SSSR count). The number of piperidine rings is 1. The third kappa shape index (κ3) is 2.94. The molecule has 6 nitrogen and oxygen atoms in total. The molecule has 0 aromatic carbocycles. The van der Waals surface area contributed by atoms with Crippen molar-refractivity contribution in [2.75, 3.05) is 39.0 Å². The molecule has 3 heterocycles. The van der Waals surface area contributed by atoms with Crippen LogP contribution >= 0.6 is 11.3 Å². The lowest BCUT2D eigenvalue weighted by molar-refractivity contribution is 0.0173. The Morgan fingerprint density at radius 1 is 1.50 bits per heavy atom. The van der Waals surface area contributed by atoms with Crippen molar-refractivity contribution in [3.63, 3.8) is 0 Å². The van der Waals surface area contributed by atoms with E-state index in [1.807, 2.05) is 12.4 Å². The molecule has 0 saturated carbocycles. The fourth-order valence-electron chi connectivity index (χ4n) is 3.64. The Labute approximate surface area is 135 Å². The number of hydrogen-bond donors (Lipinski definition) is 1. The summed E-state index contributed by atoms with van der Waals surface area (Å²) in [4.78, 5) is 7.93. The van der Waals surface area contributed by atoms with Gasteiger partial charge in [-0.1, -0.05) is 0 Å². The monoisotopic (exact) mass is 345 g/mol. The number of aromatic nitrogens is 1. The maximum Gasteiger partial charge on any atom is 0.211 e. The van der Waals surface area contributed by atoms with Crippen LogP contribution in [0.15, 0.2) is 5.51 Å². The van der Waals surface area contributed by atoms with Crippen LogP contribution in [-0.2, 0) is 16.6 Å². The smallest absolute Gasteiger partial charge is 0.211 e. The quantitative estimate of drug-likeness (QED) is 0.862. The zero-order chi connectivity index (χ0) is 16.0. The molecule has 0 amide bonds. The molecule has 0 radical (unpaired) electrons. The maximum absolute atomic E-state index is 11.8. The lowest BCUT2D eigenvalue weighted by atomic mass is 9.73. The standard InChI is InChI=1S/C14H23N3O3S2/c1-11-13(21-10-15-11)7-16-4-3-14(9-18)8-17(22(2,19)20)6-12(14)5-16/h10,12,18H,3-9H2,1-2H3. The summed E-state index contributed by atoms with van der Waals surface area (Å²) in [7, 11) is -3.19. The Morgan fingerprint density at radius 2 is 2.27 bits per heavy atom. The minimum atomic E-state index is -3.19. The first-order valence-electron chi connectivity index (χ1n) is 7.51. The van der Waals surface area contributed by atoms with Crippen molar-refractivity contribution in [1.82, 2.24) is 14.2 Å². The van der Waals surface area contributed by atoms with Crippen molar-refractivity contribution >= 4 is 21.4 Å². The van der Waals surface area contributed by atoms with Crippen molar-refractivity contribution in [3.05, 3.63) is 16.1 Å². The summed E-state index contributed by atoms with van der Waals surface area (Å²) in [5.41, 5.74) is 2.68. The number of aliphatic hydroxyl groups excluding tert-OH is 1. The second-order valence-electron chi connectivity index (χ2n) is 6.62. The van der Waals surface area contributed by atoms with Crippen molar-refractivity contribution in [2.24, 2.45) is 11.3 Å². The molecule has 2 atom stereocenters. The topological polar surface area (TPSA) is 73.7 Å². The Kier molecular flexibility index (Phi) is 4.32. The van der Waals surface area contributed by atoms with Crippen LogP contribution in [0, 0.1) is 18.3 Å². The molecular formula is C14H23N3O3S2. The van der Waals surface area contributed by atoms with Crippen LogP contribution in [0.5, 0.6) is 0 Å². The average Bonchev–Trinajstić information content (AvgIpc) is 3.03. The minimum Gasteiger partial charge on any atom is -0.396 e. The summed E-state index contributed by atoms with van der Waals surface area (Å²) in [6.45, 7) is 5.67.